The van der Waals surface area contributed by atoms with Gasteiger partial charge in [0.1, 0.15) is 0 Å². The van der Waals surface area contributed by atoms with Gasteiger partial charge in [-0.05, 0) is 52.4 Å². The van der Waals surface area contributed by atoms with Crippen LogP contribution in [-0.2, 0) is 0 Å². The highest BCUT2D eigenvalue weighted by Gasteiger charge is 2.31. The highest BCUT2D eigenvalue weighted by Crippen LogP contribution is 2.34. The molecular weight excluding hydrogens is 304 g/mol. The highest BCUT2D eigenvalue weighted by atomic mass is 79.9. The number of likely N-dealkylation sites (tertiary alicyclic amines) is 1. The van der Waals surface area contributed by atoms with Gasteiger partial charge in [-0.3, -0.25) is 4.79 Å². The molecule has 3 nitrogen and oxygen atoms in total. The number of benzene rings is 1. The number of nitrogen functional groups attached to an aromatic ring is 1. The average Bonchev–Trinajstić information content (AvgIpc) is 2.42. The summed E-state index contributed by atoms with van der Waals surface area (Å²) in [6.45, 7) is 6.21. The molecule has 0 radical (unpaired) electrons. The Morgan fingerprint density at radius 1 is 1.42 bits per heavy atom. The molecule has 2 rings (SSSR count). The minimum atomic E-state index is 0.0809. The third-order valence-electron chi connectivity index (χ3n) is 4.33. The van der Waals surface area contributed by atoms with Crippen LogP contribution in [0.25, 0.3) is 0 Å². The minimum absolute atomic E-state index is 0.0809. The van der Waals surface area contributed by atoms with Crippen LogP contribution >= 0.6 is 15.9 Å². The fraction of sp³-hybridized carbons (Fsp3) is 0.533. The van der Waals surface area contributed by atoms with Crippen molar-refractivity contribution >= 4 is 27.5 Å². The van der Waals surface area contributed by atoms with Crippen molar-refractivity contribution in [1.29, 1.82) is 0 Å². The molecular formula is C15H21BrN2O. The molecule has 0 aromatic heterocycles. The number of anilines is 1. The maximum absolute atomic E-state index is 12.5. The zero-order chi connectivity index (χ0) is 14.0. The molecule has 0 atom stereocenters. The number of piperidine rings is 1. The van der Waals surface area contributed by atoms with Gasteiger partial charge in [0.2, 0.25) is 0 Å². The molecule has 19 heavy (non-hydrogen) atoms. The molecule has 104 valence electrons. The fourth-order valence-corrected chi connectivity index (χ4v) is 2.90. The van der Waals surface area contributed by atoms with Gasteiger partial charge in [-0.15, -0.1) is 0 Å². The van der Waals surface area contributed by atoms with E-state index in [1.807, 2.05) is 11.0 Å². The van der Waals surface area contributed by atoms with Crippen molar-refractivity contribution in [1.82, 2.24) is 4.90 Å². The van der Waals surface area contributed by atoms with Crippen molar-refractivity contribution in [3.8, 4) is 0 Å². The SMILES string of the molecule is CCC1(C)CCN(C(=O)c2cc(N)ccc2Br)CC1. The van der Waals surface area contributed by atoms with Gasteiger partial charge in [0.25, 0.3) is 5.91 Å². The molecule has 1 heterocycles. The van der Waals surface area contributed by atoms with Gasteiger partial charge in [0.15, 0.2) is 0 Å². The molecule has 1 aromatic rings. The largest absolute Gasteiger partial charge is 0.399 e. The molecule has 1 aliphatic heterocycles. The van der Waals surface area contributed by atoms with Gasteiger partial charge in [0, 0.05) is 23.2 Å². The van der Waals surface area contributed by atoms with Crippen LogP contribution in [0.15, 0.2) is 22.7 Å². The van der Waals surface area contributed by atoms with E-state index in [-0.39, 0.29) is 5.91 Å². The van der Waals surface area contributed by atoms with Gasteiger partial charge in [-0.25, -0.2) is 0 Å². The second-order valence-corrected chi connectivity index (χ2v) is 6.55. The quantitative estimate of drug-likeness (QED) is 0.843. The van der Waals surface area contributed by atoms with E-state index in [1.54, 1.807) is 12.1 Å². The fourth-order valence-electron chi connectivity index (χ4n) is 2.48. The van der Waals surface area contributed by atoms with Crippen molar-refractivity contribution < 1.29 is 4.79 Å². The number of hydrogen-bond acceptors (Lipinski definition) is 2. The molecule has 0 unspecified atom stereocenters. The first-order chi connectivity index (χ1) is 8.95. The summed E-state index contributed by atoms with van der Waals surface area (Å²) in [5.74, 6) is 0.0809. The summed E-state index contributed by atoms with van der Waals surface area (Å²) in [5.41, 5.74) is 7.45. The lowest BCUT2D eigenvalue weighted by atomic mass is 9.78. The molecule has 4 heteroatoms. The van der Waals surface area contributed by atoms with E-state index in [2.05, 4.69) is 29.8 Å². The molecule has 1 aromatic carbocycles. The molecule has 1 aliphatic rings. The van der Waals surface area contributed by atoms with Gasteiger partial charge >= 0.3 is 0 Å². The van der Waals surface area contributed by atoms with Crippen LogP contribution < -0.4 is 5.73 Å². The van der Waals surface area contributed by atoms with Gasteiger partial charge in [-0.1, -0.05) is 20.3 Å². The van der Waals surface area contributed by atoms with Crippen LogP contribution in [0.1, 0.15) is 43.5 Å². The lowest BCUT2D eigenvalue weighted by molar-refractivity contribution is 0.0599. The number of carbonyl (C=O) groups excluding carboxylic acids is 1. The van der Waals surface area contributed by atoms with E-state index in [4.69, 9.17) is 5.73 Å². The monoisotopic (exact) mass is 324 g/mol. The molecule has 1 fully saturated rings. The Hall–Kier alpha value is -1.03. The Balaban J connectivity index is 2.11. The van der Waals surface area contributed by atoms with E-state index >= 15 is 0 Å². The Morgan fingerprint density at radius 3 is 2.63 bits per heavy atom. The van der Waals surface area contributed by atoms with Crippen LogP contribution in [0, 0.1) is 5.41 Å². The van der Waals surface area contributed by atoms with Crippen LogP contribution in [0.4, 0.5) is 5.69 Å². The summed E-state index contributed by atoms with van der Waals surface area (Å²) in [6.07, 6.45) is 3.33. The van der Waals surface area contributed by atoms with Crippen molar-refractivity contribution in [3.63, 3.8) is 0 Å². The number of rotatable bonds is 2. The molecule has 1 saturated heterocycles. The predicted octanol–water partition coefficient (Wildman–Crippen LogP) is 3.68. The second-order valence-electron chi connectivity index (χ2n) is 5.70. The molecule has 0 bridgehead atoms. The minimum Gasteiger partial charge on any atom is -0.399 e. The first-order valence-electron chi connectivity index (χ1n) is 6.79. The summed E-state index contributed by atoms with van der Waals surface area (Å²) >= 11 is 3.43. The third-order valence-corrected chi connectivity index (χ3v) is 5.02. The summed E-state index contributed by atoms with van der Waals surface area (Å²) in [4.78, 5) is 14.5. The zero-order valence-corrected chi connectivity index (χ0v) is 13.2. The number of carbonyl (C=O) groups is 1. The van der Waals surface area contributed by atoms with E-state index in [0.29, 0.717) is 16.7 Å². The van der Waals surface area contributed by atoms with E-state index in [0.717, 1.165) is 30.4 Å². The zero-order valence-electron chi connectivity index (χ0n) is 11.6. The number of halogens is 1. The molecule has 2 N–H and O–H groups in total. The van der Waals surface area contributed by atoms with Gasteiger partial charge in [-0.2, -0.15) is 0 Å². The molecule has 1 amide bonds. The Bertz CT molecular complexity index is 479. The van der Waals surface area contributed by atoms with Crippen LogP contribution in [0.5, 0.6) is 0 Å². The summed E-state index contributed by atoms with van der Waals surface area (Å²) < 4.78 is 0.815. The topological polar surface area (TPSA) is 46.3 Å². The first-order valence-corrected chi connectivity index (χ1v) is 7.59. The van der Waals surface area contributed by atoms with Gasteiger partial charge in [0.05, 0.1) is 5.56 Å². The van der Waals surface area contributed by atoms with Crippen LogP contribution in [0.3, 0.4) is 0 Å². The van der Waals surface area contributed by atoms with E-state index < -0.39 is 0 Å². The molecule has 0 saturated carbocycles. The van der Waals surface area contributed by atoms with E-state index in [1.165, 1.54) is 6.42 Å². The van der Waals surface area contributed by atoms with Crippen molar-refractivity contribution in [2.75, 3.05) is 18.8 Å². The van der Waals surface area contributed by atoms with E-state index in [9.17, 15) is 4.79 Å². The maximum atomic E-state index is 12.5. The highest BCUT2D eigenvalue weighted by molar-refractivity contribution is 9.10. The van der Waals surface area contributed by atoms with Crippen molar-refractivity contribution in [3.05, 3.63) is 28.2 Å². The smallest absolute Gasteiger partial charge is 0.255 e. The van der Waals surface area contributed by atoms with Crippen LogP contribution in [-0.4, -0.2) is 23.9 Å². The number of nitrogens with zero attached hydrogens (tertiary/aromatic N) is 1. The predicted molar refractivity (Wildman–Crippen MR) is 82.1 cm³/mol. The summed E-state index contributed by atoms with van der Waals surface area (Å²) in [5, 5.41) is 0. The maximum Gasteiger partial charge on any atom is 0.255 e. The van der Waals surface area contributed by atoms with Crippen LogP contribution in [0.2, 0.25) is 0 Å². The number of nitrogens with two attached hydrogens (primary N) is 1. The standard InChI is InChI=1S/C15H21BrN2O/c1-3-15(2)6-8-18(9-7-15)14(19)12-10-11(17)4-5-13(12)16/h4-5,10H,3,6-9,17H2,1-2H3. The number of hydrogen-bond donors (Lipinski definition) is 1. The Morgan fingerprint density at radius 2 is 2.05 bits per heavy atom. The average molecular weight is 325 g/mol. The molecule has 0 aliphatic carbocycles. The molecule has 0 spiro atoms. The van der Waals surface area contributed by atoms with Crippen molar-refractivity contribution in [2.24, 2.45) is 5.41 Å². The van der Waals surface area contributed by atoms with Gasteiger partial charge < -0.3 is 10.6 Å². The third kappa shape index (κ3) is 3.11. The first kappa shape index (κ1) is 14.4. The number of amides is 1. The lowest BCUT2D eigenvalue weighted by Gasteiger charge is -2.39. The lowest BCUT2D eigenvalue weighted by Crippen LogP contribution is -2.42. The Labute approximate surface area is 123 Å². The van der Waals surface area contributed by atoms with Crippen molar-refractivity contribution in [2.45, 2.75) is 33.1 Å². The Kier molecular flexibility index (Phi) is 4.19. The second kappa shape index (κ2) is 5.53. The summed E-state index contributed by atoms with van der Waals surface area (Å²) in [7, 11) is 0. The summed E-state index contributed by atoms with van der Waals surface area (Å²) in [6, 6.07) is 5.38. The normalized spacial score (nSPS) is 18.4.